The highest BCUT2D eigenvalue weighted by atomic mass is 19.1. The minimum absolute atomic E-state index is 0.0126. The Hall–Kier alpha value is -3.75. The van der Waals surface area contributed by atoms with Crippen LogP contribution in [0.5, 0.6) is 5.75 Å². The van der Waals surface area contributed by atoms with Gasteiger partial charge in [-0.3, -0.25) is 14.6 Å². The van der Waals surface area contributed by atoms with Crippen LogP contribution in [0, 0.1) is 5.82 Å². The molecule has 4 rings (SSSR count). The van der Waals surface area contributed by atoms with Crippen molar-refractivity contribution in [3.05, 3.63) is 101 Å². The van der Waals surface area contributed by atoms with Crippen molar-refractivity contribution in [2.45, 2.75) is 52.4 Å². The zero-order chi connectivity index (χ0) is 29.5. The molecule has 7 nitrogen and oxygen atoms in total. The quantitative estimate of drug-likeness (QED) is 0.336. The molecule has 3 aromatic carbocycles. The minimum Gasteiger partial charge on any atom is -0.482 e. The number of nitrogens with zero attached hydrogens (tertiary/aromatic N) is 3. The Morgan fingerprint density at radius 3 is 2.27 bits per heavy atom. The lowest BCUT2D eigenvalue weighted by molar-refractivity contribution is -0.139. The number of amides is 1. The Balaban J connectivity index is 1.64. The summed E-state index contributed by atoms with van der Waals surface area (Å²) in [5.41, 5.74) is 3.76. The summed E-state index contributed by atoms with van der Waals surface area (Å²) in [7, 11) is 0. The van der Waals surface area contributed by atoms with E-state index in [0.717, 1.165) is 36.3 Å². The standard InChI is InChI=1S/C33H40FN3O4/c1-5-35(6-2)33(40)27-14-12-26(13-15-27)32(28-8-7-9-30(18-28)41-22-31(38)39)37-20-23(3)36(19-24(37)4)21-25-10-16-29(34)17-11-25/h7-18,23-24,32H,5-6,19-22H2,1-4H3,(H,38,39)/t23-,24+,32+/m1/s1. The van der Waals surface area contributed by atoms with E-state index in [9.17, 15) is 14.0 Å². The van der Waals surface area contributed by atoms with Gasteiger partial charge in [-0.1, -0.05) is 36.4 Å². The van der Waals surface area contributed by atoms with Crippen LogP contribution in [-0.2, 0) is 11.3 Å². The Bertz CT molecular complexity index is 1310. The van der Waals surface area contributed by atoms with Crippen molar-refractivity contribution in [1.29, 1.82) is 0 Å². The number of halogens is 1. The van der Waals surface area contributed by atoms with Crippen LogP contribution in [0.2, 0.25) is 0 Å². The molecule has 1 heterocycles. The number of hydrogen-bond donors (Lipinski definition) is 1. The van der Waals surface area contributed by atoms with Crippen LogP contribution in [0.4, 0.5) is 4.39 Å². The summed E-state index contributed by atoms with van der Waals surface area (Å²) in [5.74, 6) is -0.750. The van der Waals surface area contributed by atoms with Crippen molar-refractivity contribution >= 4 is 11.9 Å². The van der Waals surface area contributed by atoms with Crippen molar-refractivity contribution in [2.24, 2.45) is 0 Å². The lowest BCUT2D eigenvalue weighted by atomic mass is 9.92. The van der Waals surface area contributed by atoms with Gasteiger partial charge in [-0.25, -0.2) is 9.18 Å². The second-order valence-electron chi connectivity index (χ2n) is 10.7. The molecule has 218 valence electrons. The monoisotopic (exact) mass is 561 g/mol. The number of benzene rings is 3. The van der Waals surface area contributed by atoms with Gasteiger partial charge in [0.1, 0.15) is 11.6 Å². The minimum atomic E-state index is -1.03. The number of ether oxygens (including phenoxy) is 1. The van der Waals surface area contributed by atoms with Gasteiger partial charge in [0, 0.05) is 50.4 Å². The van der Waals surface area contributed by atoms with Crippen LogP contribution in [-0.4, -0.2) is 76.6 Å². The van der Waals surface area contributed by atoms with Gasteiger partial charge in [0.25, 0.3) is 5.91 Å². The fraction of sp³-hybridized carbons (Fsp3) is 0.394. The molecule has 0 unspecified atom stereocenters. The van der Waals surface area contributed by atoms with Gasteiger partial charge in [0.2, 0.25) is 0 Å². The average molecular weight is 562 g/mol. The molecule has 1 amide bonds. The van der Waals surface area contributed by atoms with Gasteiger partial charge in [-0.05, 0) is 80.8 Å². The zero-order valence-electron chi connectivity index (χ0n) is 24.3. The van der Waals surface area contributed by atoms with Crippen molar-refractivity contribution in [2.75, 3.05) is 32.8 Å². The first-order valence-corrected chi connectivity index (χ1v) is 14.3. The molecule has 1 saturated heterocycles. The molecular weight excluding hydrogens is 521 g/mol. The molecule has 3 atom stereocenters. The smallest absolute Gasteiger partial charge is 0.341 e. The van der Waals surface area contributed by atoms with E-state index in [1.54, 1.807) is 11.0 Å². The zero-order valence-corrected chi connectivity index (χ0v) is 24.3. The molecule has 0 radical (unpaired) electrons. The summed E-state index contributed by atoms with van der Waals surface area (Å²) in [4.78, 5) is 30.8. The molecule has 1 aliphatic rings. The normalized spacial score (nSPS) is 18.6. The third-order valence-corrected chi connectivity index (χ3v) is 7.85. The maximum Gasteiger partial charge on any atom is 0.341 e. The SMILES string of the molecule is CCN(CC)C(=O)c1ccc([C@@H](c2cccc(OCC(=O)O)c2)N2C[C@@H](C)N(Cc3ccc(F)cc3)C[C@@H]2C)cc1. The summed E-state index contributed by atoms with van der Waals surface area (Å²) in [6.45, 7) is 11.6. The first-order chi connectivity index (χ1) is 19.7. The van der Waals surface area contributed by atoms with Crippen molar-refractivity contribution in [3.63, 3.8) is 0 Å². The van der Waals surface area contributed by atoms with E-state index in [1.807, 2.05) is 68.4 Å². The Morgan fingerprint density at radius 1 is 0.951 bits per heavy atom. The highest BCUT2D eigenvalue weighted by molar-refractivity contribution is 5.94. The van der Waals surface area contributed by atoms with Crippen molar-refractivity contribution in [3.8, 4) is 5.75 Å². The molecule has 1 aliphatic heterocycles. The number of hydrogen-bond acceptors (Lipinski definition) is 5. The molecule has 0 bridgehead atoms. The third-order valence-electron chi connectivity index (χ3n) is 7.85. The molecule has 1 fully saturated rings. The maximum absolute atomic E-state index is 13.4. The molecule has 0 aliphatic carbocycles. The fourth-order valence-electron chi connectivity index (χ4n) is 5.63. The van der Waals surface area contributed by atoms with Crippen molar-refractivity contribution < 1.29 is 23.8 Å². The number of carboxylic acid groups (broad SMARTS) is 1. The van der Waals surface area contributed by atoms with E-state index >= 15 is 0 Å². The van der Waals surface area contributed by atoms with E-state index in [1.165, 1.54) is 12.1 Å². The summed E-state index contributed by atoms with van der Waals surface area (Å²) < 4.78 is 19.0. The summed E-state index contributed by atoms with van der Waals surface area (Å²) in [5, 5.41) is 9.10. The molecule has 8 heteroatoms. The maximum atomic E-state index is 13.4. The first-order valence-electron chi connectivity index (χ1n) is 14.3. The number of aliphatic carboxylic acids is 1. The molecule has 0 spiro atoms. The second-order valence-corrected chi connectivity index (χ2v) is 10.7. The number of carboxylic acids is 1. The van der Waals surface area contributed by atoms with E-state index < -0.39 is 12.6 Å². The van der Waals surface area contributed by atoms with Crippen LogP contribution in [0.25, 0.3) is 0 Å². The summed E-state index contributed by atoms with van der Waals surface area (Å²) in [6.07, 6.45) is 0. The molecular formula is C33H40FN3O4. The van der Waals surface area contributed by atoms with Crippen LogP contribution in [0.3, 0.4) is 0 Å². The lowest BCUT2D eigenvalue weighted by Gasteiger charge is -2.47. The molecule has 0 aromatic heterocycles. The van der Waals surface area contributed by atoms with Gasteiger partial charge >= 0.3 is 5.97 Å². The fourth-order valence-corrected chi connectivity index (χ4v) is 5.63. The predicted octanol–water partition coefficient (Wildman–Crippen LogP) is 5.46. The number of piperazine rings is 1. The summed E-state index contributed by atoms with van der Waals surface area (Å²) >= 11 is 0. The Kier molecular flexibility index (Phi) is 10.1. The molecule has 1 N–H and O–H groups in total. The van der Waals surface area contributed by atoms with Gasteiger partial charge < -0.3 is 14.7 Å². The second kappa shape index (κ2) is 13.7. The average Bonchev–Trinajstić information content (AvgIpc) is 2.97. The largest absolute Gasteiger partial charge is 0.482 e. The van der Waals surface area contributed by atoms with Crippen molar-refractivity contribution in [1.82, 2.24) is 14.7 Å². The van der Waals surface area contributed by atoms with E-state index in [4.69, 9.17) is 9.84 Å². The highest BCUT2D eigenvalue weighted by Crippen LogP contribution is 2.35. The topological polar surface area (TPSA) is 73.3 Å². The Labute approximate surface area is 242 Å². The van der Waals surface area contributed by atoms with Crippen LogP contribution >= 0.6 is 0 Å². The van der Waals surface area contributed by atoms with Gasteiger partial charge in [0.15, 0.2) is 6.61 Å². The lowest BCUT2D eigenvalue weighted by Crippen LogP contribution is -2.56. The van der Waals surface area contributed by atoms with Crippen LogP contribution in [0.15, 0.2) is 72.8 Å². The predicted molar refractivity (Wildman–Crippen MR) is 158 cm³/mol. The number of rotatable bonds is 11. The molecule has 3 aromatic rings. The summed E-state index contributed by atoms with van der Waals surface area (Å²) in [6, 6.07) is 22.4. The first kappa shape index (κ1) is 30.2. The van der Waals surface area contributed by atoms with E-state index in [0.29, 0.717) is 24.4 Å². The highest BCUT2D eigenvalue weighted by Gasteiger charge is 2.35. The number of carbonyl (C=O) groups is 2. The van der Waals surface area contributed by atoms with Gasteiger partial charge in [-0.2, -0.15) is 0 Å². The molecule has 41 heavy (non-hydrogen) atoms. The Morgan fingerprint density at radius 2 is 1.63 bits per heavy atom. The molecule has 0 saturated carbocycles. The van der Waals surface area contributed by atoms with Gasteiger partial charge in [-0.15, -0.1) is 0 Å². The number of carbonyl (C=O) groups excluding carboxylic acids is 1. The van der Waals surface area contributed by atoms with E-state index in [2.05, 4.69) is 23.6 Å². The van der Waals surface area contributed by atoms with Gasteiger partial charge in [0.05, 0.1) is 6.04 Å². The third kappa shape index (κ3) is 7.51. The van der Waals surface area contributed by atoms with Crippen LogP contribution < -0.4 is 4.74 Å². The van der Waals surface area contributed by atoms with Crippen LogP contribution in [0.1, 0.15) is 60.8 Å². The van der Waals surface area contributed by atoms with E-state index in [-0.39, 0.29) is 29.8 Å².